The zero-order valence-corrected chi connectivity index (χ0v) is 9.76. The first kappa shape index (κ1) is 11.5. The molecule has 2 rings (SSSR count). The van der Waals surface area contributed by atoms with Gasteiger partial charge in [-0.25, -0.2) is 4.68 Å². The molecule has 6 nitrogen and oxygen atoms in total. The number of nitro groups is 1. The van der Waals surface area contributed by atoms with Crippen LogP contribution in [0, 0.1) is 17.0 Å². The van der Waals surface area contributed by atoms with E-state index < -0.39 is 4.92 Å². The monoisotopic (exact) mass is 252 g/mol. The fourth-order valence-corrected chi connectivity index (χ4v) is 1.68. The van der Waals surface area contributed by atoms with Crippen molar-refractivity contribution in [3.05, 3.63) is 45.8 Å². The lowest BCUT2D eigenvalue weighted by Crippen LogP contribution is -2.03. The Bertz CT molecular complexity index is 567. The van der Waals surface area contributed by atoms with Crippen molar-refractivity contribution >= 4 is 17.3 Å². The van der Waals surface area contributed by atoms with Crippen LogP contribution in [-0.2, 0) is 5.88 Å². The predicted molar refractivity (Wildman–Crippen MR) is 62.3 cm³/mol. The highest BCUT2D eigenvalue weighted by atomic mass is 35.5. The Labute approximate surface area is 102 Å². The minimum Gasteiger partial charge on any atom is -0.258 e. The number of nitrogens with zero attached hydrogens (tertiary/aromatic N) is 4. The Morgan fingerprint density at radius 1 is 1.53 bits per heavy atom. The number of alkyl halides is 1. The summed E-state index contributed by atoms with van der Waals surface area (Å²) in [5.41, 5.74) is 1.74. The molecule has 7 heteroatoms. The molecule has 88 valence electrons. The average Bonchev–Trinajstić information content (AvgIpc) is 2.76. The molecule has 0 aliphatic carbocycles. The number of rotatable bonds is 3. The summed E-state index contributed by atoms with van der Waals surface area (Å²) in [6.07, 6.45) is 1.59. The number of halogens is 1. The lowest BCUT2D eigenvalue weighted by atomic mass is 10.1. The summed E-state index contributed by atoms with van der Waals surface area (Å²) >= 11 is 5.62. The molecule has 17 heavy (non-hydrogen) atoms. The van der Waals surface area contributed by atoms with Gasteiger partial charge in [0.15, 0.2) is 0 Å². The molecule has 0 saturated carbocycles. The maximum Gasteiger partial charge on any atom is 0.295 e. The SMILES string of the molecule is Cc1cccc([N+](=O)[O-])c1-n1cc(CCl)nn1. The van der Waals surface area contributed by atoms with Gasteiger partial charge in [0.25, 0.3) is 5.69 Å². The molecular weight excluding hydrogens is 244 g/mol. The first-order valence-electron chi connectivity index (χ1n) is 4.85. The summed E-state index contributed by atoms with van der Waals surface area (Å²) in [5.74, 6) is 0.222. The van der Waals surface area contributed by atoms with Crippen LogP contribution in [0.15, 0.2) is 24.4 Å². The summed E-state index contributed by atoms with van der Waals surface area (Å²) in [6.45, 7) is 1.78. The molecule has 0 N–H and O–H groups in total. The lowest BCUT2D eigenvalue weighted by Gasteiger charge is -2.04. The van der Waals surface area contributed by atoms with Gasteiger partial charge in [-0.1, -0.05) is 17.3 Å². The third kappa shape index (κ3) is 2.12. The van der Waals surface area contributed by atoms with Crippen molar-refractivity contribution in [3.63, 3.8) is 0 Å². The molecule has 0 amide bonds. The predicted octanol–water partition coefficient (Wildman–Crippen LogP) is 2.22. The Hall–Kier alpha value is -1.95. The zero-order chi connectivity index (χ0) is 12.4. The van der Waals surface area contributed by atoms with Gasteiger partial charge in [-0.15, -0.1) is 16.7 Å². The van der Waals surface area contributed by atoms with Crippen LogP contribution in [0.4, 0.5) is 5.69 Å². The van der Waals surface area contributed by atoms with Crippen molar-refractivity contribution in [1.29, 1.82) is 0 Å². The number of benzene rings is 1. The Morgan fingerprint density at radius 3 is 2.88 bits per heavy atom. The molecule has 0 saturated heterocycles. The van der Waals surface area contributed by atoms with Crippen LogP contribution in [-0.4, -0.2) is 19.9 Å². The largest absolute Gasteiger partial charge is 0.295 e. The molecule has 0 spiro atoms. The van der Waals surface area contributed by atoms with Gasteiger partial charge >= 0.3 is 0 Å². The van der Waals surface area contributed by atoms with Crippen molar-refractivity contribution in [2.24, 2.45) is 0 Å². The number of hydrogen-bond acceptors (Lipinski definition) is 4. The fourth-order valence-electron chi connectivity index (χ4n) is 1.56. The van der Waals surface area contributed by atoms with Gasteiger partial charge in [0.2, 0.25) is 0 Å². The molecule has 0 fully saturated rings. The van der Waals surface area contributed by atoms with E-state index in [1.165, 1.54) is 10.7 Å². The molecule has 1 aromatic heterocycles. The summed E-state index contributed by atoms with van der Waals surface area (Å²) in [6, 6.07) is 4.85. The second kappa shape index (κ2) is 4.50. The topological polar surface area (TPSA) is 73.8 Å². The summed E-state index contributed by atoms with van der Waals surface area (Å²) in [7, 11) is 0. The van der Waals surface area contributed by atoms with E-state index in [4.69, 9.17) is 11.6 Å². The van der Waals surface area contributed by atoms with E-state index in [2.05, 4.69) is 10.3 Å². The van der Waals surface area contributed by atoms with Crippen molar-refractivity contribution < 1.29 is 4.92 Å². The van der Waals surface area contributed by atoms with E-state index in [9.17, 15) is 10.1 Å². The van der Waals surface area contributed by atoms with E-state index >= 15 is 0 Å². The van der Waals surface area contributed by atoms with Crippen LogP contribution >= 0.6 is 11.6 Å². The Balaban J connectivity index is 2.61. The highest BCUT2D eigenvalue weighted by Crippen LogP contribution is 2.25. The highest BCUT2D eigenvalue weighted by molar-refractivity contribution is 6.16. The van der Waals surface area contributed by atoms with Crippen molar-refractivity contribution in [2.45, 2.75) is 12.8 Å². The second-order valence-corrected chi connectivity index (χ2v) is 3.76. The van der Waals surface area contributed by atoms with E-state index in [0.717, 1.165) is 5.56 Å². The van der Waals surface area contributed by atoms with Gasteiger partial charge in [0.05, 0.1) is 22.7 Å². The third-order valence-corrected chi connectivity index (χ3v) is 2.59. The standard InChI is InChI=1S/C10H9ClN4O2/c1-7-3-2-4-9(15(16)17)10(7)14-6-8(5-11)12-13-14/h2-4,6H,5H2,1H3. The molecule has 0 radical (unpaired) electrons. The van der Waals surface area contributed by atoms with Crippen molar-refractivity contribution in [2.75, 3.05) is 0 Å². The molecule has 0 aliphatic heterocycles. The maximum absolute atomic E-state index is 10.9. The normalized spacial score (nSPS) is 10.5. The maximum atomic E-state index is 10.9. The number of hydrogen-bond donors (Lipinski definition) is 0. The number of aromatic nitrogens is 3. The van der Waals surface area contributed by atoms with Crippen LogP contribution in [0.1, 0.15) is 11.3 Å². The van der Waals surface area contributed by atoms with E-state index in [1.54, 1.807) is 25.3 Å². The van der Waals surface area contributed by atoms with Crippen molar-refractivity contribution in [3.8, 4) is 5.69 Å². The Morgan fingerprint density at radius 2 is 2.29 bits per heavy atom. The first-order valence-corrected chi connectivity index (χ1v) is 5.38. The fraction of sp³-hybridized carbons (Fsp3) is 0.200. The lowest BCUT2D eigenvalue weighted by molar-refractivity contribution is -0.384. The first-order chi connectivity index (χ1) is 8.13. The average molecular weight is 253 g/mol. The quantitative estimate of drug-likeness (QED) is 0.477. The van der Waals surface area contributed by atoms with E-state index in [-0.39, 0.29) is 11.6 Å². The van der Waals surface area contributed by atoms with Gasteiger partial charge in [-0.05, 0) is 12.5 Å². The van der Waals surface area contributed by atoms with Crippen LogP contribution in [0.3, 0.4) is 0 Å². The minimum atomic E-state index is -0.440. The van der Waals surface area contributed by atoms with Crippen LogP contribution < -0.4 is 0 Å². The van der Waals surface area contributed by atoms with Gasteiger partial charge in [0, 0.05) is 6.07 Å². The summed E-state index contributed by atoms with van der Waals surface area (Å²) in [5, 5.41) is 18.6. The summed E-state index contributed by atoms with van der Waals surface area (Å²) < 4.78 is 1.38. The smallest absolute Gasteiger partial charge is 0.258 e. The molecular formula is C10H9ClN4O2. The van der Waals surface area contributed by atoms with Crippen molar-refractivity contribution in [1.82, 2.24) is 15.0 Å². The van der Waals surface area contributed by atoms with Crippen LogP contribution in [0.5, 0.6) is 0 Å². The molecule has 1 aromatic carbocycles. The Kier molecular flexibility index (Phi) is 3.06. The van der Waals surface area contributed by atoms with Gasteiger partial charge < -0.3 is 0 Å². The summed E-state index contributed by atoms with van der Waals surface area (Å²) in [4.78, 5) is 10.5. The van der Waals surface area contributed by atoms with Gasteiger partial charge in [-0.3, -0.25) is 10.1 Å². The molecule has 0 bridgehead atoms. The van der Waals surface area contributed by atoms with E-state index in [1.807, 2.05) is 0 Å². The van der Waals surface area contributed by atoms with Crippen LogP contribution in [0.2, 0.25) is 0 Å². The molecule has 0 unspecified atom stereocenters. The minimum absolute atomic E-state index is 0.00368. The van der Waals surface area contributed by atoms with Gasteiger partial charge in [0.1, 0.15) is 5.69 Å². The van der Waals surface area contributed by atoms with Gasteiger partial charge in [-0.2, -0.15) is 0 Å². The number of nitro benzene ring substituents is 1. The van der Waals surface area contributed by atoms with Crippen LogP contribution in [0.25, 0.3) is 5.69 Å². The molecule has 2 aromatic rings. The zero-order valence-electron chi connectivity index (χ0n) is 9.00. The van der Waals surface area contributed by atoms with E-state index in [0.29, 0.717) is 11.4 Å². The highest BCUT2D eigenvalue weighted by Gasteiger charge is 2.18. The second-order valence-electron chi connectivity index (χ2n) is 3.49. The number of para-hydroxylation sites is 1. The molecule has 1 heterocycles. The third-order valence-electron chi connectivity index (χ3n) is 2.32. The number of aryl methyl sites for hydroxylation is 1. The molecule has 0 atom stereocenters. The molecule has 0 aliphatic rings.